The first-order chi connectivity index (χ1) is 7.72. The Morgan fingerprint density at radius 1 is 1.56 bits per heavy atom. The Hall–Kier alpha value is -1.07. The molecule has 1 aromatic heterocycles. The first kappa shape index (κ1) is 13.0. The monoisotopic (exact) mass is 242 g/mol. The summed E-state index contributed by atoms with van der Waals surface area (Å²) in [5, 5.41) is 18.2. The van der Waals surface area contributed by atoms with Crippen molar-refractivity contribution >= 4 is 17.4 Å². The average Bonchev–Trinajstić information content (AvgIpc) is 2.77. The Balaban J connectivity index is 2.11. The number of thiophene rings is 1. The van der Waals surface area contributed by atoms with Crippen LogP contribution < -0.4 is 10.6 Å². The molecule has 1 unspecified atom stereocenters. The summed E-state index contributed by atoms with van der Waals surface area (Å²) in [4.78, 5) is 11.4. The SMILES string of the molecule is CC(CCO)CNC(=O)NCc1ccsc1. The lowest BCUT2D eigenvalue weighted by molar-refractivity contribution is 0.233. The van der Waals surface area contributed by atoms with Gasteiger partial charge in [0.25, 0.3) is 0 Å². The normalized spacial score (nSPS) is 12.1. The Bertz CT molecular complexity index is 301. The van der Waals surface area contributed by atoms with Gasteiger partial charge in [0.1, 0.15) is 0 Å². The Morgan fingerprint density at radius 2 is 2.38 bits per heavy atom. The molecule has 4 nitrogen and oxygen atoms in total. The van der Waals surface area contributed by atoms with Crippen LogP contribution in [0, 0.1) is 5.92 Å². The summed E-state index contributed by atoms with van der Waals surface area (Å²) in [6.07, 6.45) is 0.713. The molecular formula is C11H18N2O2S. The van der Waals surface area contributed by atoms with Gasteiger partial charge in [-0.2, -0.15) is 11.3 Å². The van der Waals surface area contributed by atoms with Crippen LogP contribution in [0.15, 0.2) is 16.8 Å². The summed E-state index contributed by atoms with van der Waals surface area (Å²) in [6, 6.07) is 1.83. The van der Waals surface area contributed by atoms with E-state index in [1.807, 2.05) is 23.8 Å². The lowest BCUT2D eigenvalue weighted by atomic mass is 10.1. The van der Waals surface area contributed by atoms with Gasteiger partial charge in [0, 0.05) is 19.7 Å². The van der Waals surface area contributed by atoms with E-state index in [-0.39, 0.29) is 12.6 Å². The number of aliphatic hydroxyl groups excluding tert-OH is 1. The third-order valence-electron chi connectivity index (χ3n) is 2.27. The highest BCUT2D eigenvalue weighted by Gasteiger charge is 2.04. The van der Waals surface area contributed by atoms with E-state index < -0.39 is 0 Å². The number of carbonyl (C=O) groups excluding carboxylic acids is 1. The molecule has 3 N–H and O–H groups in total. The quantitative estimate of drug-likeness (QED) is 0.709. The molecule has 0 spiro atoms. The maximum absolute atomic E-state index is 11.4. The minimum atomic E-state index is -0.156. The van der Waals surface area contributed by atoms with Gasteiger partial charge in [-0.25, -0.2) is 4.79 Å². The van der Waals surface area contributed by atoms with Gasteiger partial charge in [-0.3, -0.25) is 0 Å². The van der Waals surface area contributed by atoms with E-state index in [1.165, 1.54) is 0 Å². The first-order valence-corrected chi connectivity index (χ1v) is 6.30. The fourth-order valence-corrected chi connectivity index (χ4v) is 1.90. The smallest absolute Gasteiger partial charge is 0.315 e. The van der Waals surface area contributed by atoms with Gasteiger partial charge in [-0.15, -0.1) is 0 Å². The van der Waals surface area contributed by atoms with Gasteiger partial charge in [0.15, 0.2) is 0 Å². The van der Waals surface area contributed by atoms with Gasteiger partial charge in [-0.05, 0) is 34.7 Å². The highest BCUT2D eigenvalue weighted by atomic mass is 32.1. The lowest BCUT2D eigenvalue weighted by Gasteiger charge is -2.11. The summed E-state index contributed by atoms with van der Waals surface area (Å²) < 4.78 is 0. The van der Waals surface area contributed by atoms with E-state index in [0.717, 1.165) is 5.56 Å². The lowest BCUT2D eigenvalue weighted by Crippen LogP contribution is -2.37. The second-order valence-electron chi connectivity index (χ2n) is 3.81. The number of hydrogen-bond acceptors (Lipinski definition) is 3. The maximum Gasteiger partial charge on any atom is 0.315 e. The number of aliphatic hydroxyl groups is 1. The molecule has 0 aliphatic heterocycles. The van der Waals surface area contributed by atoms with E-state index in [2.05, 4.69) is 10.6 Å². The van der Waals surface area contributed by atoms with Crippen LogP contribution in [0.5, 0.6) is 0 Å². The van der Waals surface area contributed by atoms with Crippen molar-refractivity contribution in [2.24, 2.45) is 5.92 Å². The van der Waals surface area contributed by atoms with Crippen molar-refractivity contribution in [1.82, 2.24) is 10.6 Å². The zero-order valence-electron chi connectivity index (χ0n) is 9.40. The Morgan fingerprint density at radius 3 is 3.00 bits per heavy atom. The van der Waals surface area contributed by atoms with Gasteiger partial charge in [-0.1, -0.05) is 6.92 Å². The number of amides is 2. The largest absolute Gasteiger partial charge is 0.396 e. The van der Waals surface area contributed by atoms with Gasteiger partial charge in [0.05, 0.1) is 0 Å². The number of nitrogens with one attached hydrogen (secondary N) is 2. The van der Waals surface area contributed by atoms with Crippen molar-refractivity contribution in [3.63, 3.8) is 0 Å². The van der Waals surface area contributed by atoms with Crippen molar-refractivity contribution in [3.05, 3.63) is 22.4 Å². The topological polar surface area (TPSA) is 61.4 Å². The predicted octanol–water partition coefficient (Wildman–Crippen LogP) is 1.57. The zero-order valence-corrected chi connectivity index (χ0v) is 10.2. The Kier molecular flexibility index (Phi) is 5.88. The third-order valence-corrected chi connectivity index (χ3v) is 3.00. The van der Waals surface area contributed by atoms with Gasteiger partial charge >= 0.3 is 6.03 Å². The molecular weight excluding hydrogens is 224 g/mol. The highest BCUT2D eigenvalue weighted by Crippen LogP contribution is 2.04. The van der Waals surface area contributed by atoms with Crippen molar-refractivity contribution < 1.29 is 9.90 Å². The molecule has 2 amide bonds. The second kappa shape index (κ2) is 7.24. The van der Waals surface area contributed by atoms with Crippen molar-refractivity contribution in [3.8, 4) is 0 Å². The first-order valence-electron chi connectivity index (χ1n) is 5.36. The molecule has 0 bridgehead atoms. The molecule has 0 aliphatic rings. The fourth-order valence-electron chi connectivity index (χ4n) is 1.23. The zero-order chi connectivity index (χ0) is 11.8. The number of rotatable bonds is 6. The van der Waals surface area contributed by atoms with Crippen molar-refractivity contribution in [2.45, 2.75) is 19.9 Å². The molecule has 0 aliphatic carbocycles. The predicted molar refractivity (Wildman–Crippen MR) is 65.4 cm³/mol. The third kappa shape index (κ3) is 5.14. The van der Waals surface area contributed by atoms with Crippen LogP contribution in [-0.4, -0.2) is 24.3 Å². The van der Waals surface area contributed by atoms with Crippen LogP contribution in [0.25, 0.3) is 0 Å². The van der Waals surface area contributed by atoms with Gasteiger partial charge < -0.3 is 15.7 Å². The van der Waals surface area contributed by atoms with Crippen LogP contribution in [0.4, 0.5) is 4.79 Å². The molecule has 0 aromatic carbocycles. The summed E-state index contributed by atoms with van der Waals surface area (Å²) in [7, 11) is 0. The molecule has 1 heterocycles. The maximum atomic E-state index is 11.4. The highest BCUT2D eigenvalue weighted by molar-refractivity contribution is 7.07. The standard InChI is InChI=1S/C11H18N2O2S/c1-9(2-4-14)6-12-11(15)13-7-10-3-5-16-8-10/h3,5,8-9,14H,2,4,6-7H2,1H3,(H2,12,13,15). The van der Waals surface area contributed by atoms with Crippen LogP contribution in [-0.2, 0) is 6.54 Å². The van der Waals surface area contributed by atoms with E-state index in [0.29, 0.717) is 25.4 Å². The van der Waals surface area contributed by atoms with Gasteiger partial charge in [0.2, 0.25) is 0 Å². The summed E-state index contributed by atoms with van der Waals surface area (Å²) in [5.41, 5.74) is 1.11. The second-order valence-corrected chi connectivity index (χ2v) is 4.59. The van der Waals surface area contributed by atoms with E-state index in [9.17, 15) is 4.79 Å². The summed E-state index contributed by atoms with van der Waals surface area (Å²) in [6.45, 7) is 3.31. The number of carbonyl (C=O) groups is 1. The molecule has 5 heteroatoms. The summed E-state index contributed by atoms with van der Waals surface area (Å²) >= 11 is 1.62. The number of hydrogen-bond donors (Lipinski definition) is 3. The molecule has 0 saturated carbocycles. The molecule has 0 fully saturated rings. The van der Waals surface area contributed by atoms with Crippen LogP contribution >= 0.6 is 11.3 Å². The molecule has 16 heavy (non-hydrogen) atoms. The van der Waals surface area contributed by atoms with E-state index in [4.69, 9.17) is 5.11 Å². The molecule has 1 rings (SSSR count). The molecule has 0 saturated heterocycles. The van der Waals surface area contributed by atoms with Crippen LogP contribution in [0.1, 0.15) is 18.9 Å². The minimum Gasteiger partial charge on any atom is -0.396 e. The molecule has 90 valence electrons. The van der Waals surface area contributed by atoms with Crippen molar-refractivity contribution in [2.75, 3.05) is 13.2 Å². The molecule has 1 atom stereocenters. The Labute approximate surface area is 99.7 Å². The van der Waals surface area contributed by atoms with Crippen LogP contribution in [0.3, 0.4) is 0 Å². The van der Waals surface area contributed by atoms with Crippen LogP contribution in [0.2, 0.25) is 0 Å². The minimum absolute atomic E-state index is 0.156. The number of urea groups is 1. The average molecular weight is 242 g/mol. The fraction of sp³-hybridized carbons (Fsp3) is 0.545. The van der Waals surface area contributed by atoms with E-state index in [1.54, 1.807) is 11.3 Å². The molecule has 0 radical (unpaired) electrons. The van der Waals surface area contributed by atoms with E-state index >= 15 is 0 Å². The molecule has 1 aromatic rings. The summed E-state index contributed by atoms with van der Waals surface area (Å²) in [5.74, 6) is 0.303. The van der Waals surface area contributed by atoms with Crippen molar-refractivity contribution in [1.29, 1.82) is 0 Å².